The summed E-state index contributed by atoms with van der Waals surface area (Å²) < 4.78 is 5.52. The Labute approximate surface area is 152 Å². The number of anilines is 1. The lowest BCUT2D eigenvalue weighted by atomic mass is 10.1. The van der Waals surface area contributed by atoms with Crippen molar-refractivity contribution in [1.82, 2.24) is 0 Å². The van der Waals surface area contributed by atoms with E-state index in [1.807, 2.05) is 45.0 Å². The first kappa shape index (κ1) is 18.6. The van der Waals surface area contributed by atoms with Gasteiger partial charge in [0.2, 0.25) is 0 Å². The molecule has 0 aliphatic carbocycles. The van der Waals surface area contributed by atoms with Gasteiger partial charge < -0.3 is 10.1 Å². The Bertz CT molecular complexity index is 846. The number of nitriles is 1. The van der Waals surface area contributed by atoms with Crippen LogP contribution in [0, 0.1) is 25.2 Å². The SMILES string of the molecule is CCOc1ccc(Cl)cc1C=C(C#N)C(=O)Nc1cc(C)cc(C)c1. The summed E-state index contributed by atoms with van der Waals surface area (Å²) in [6.45, 7) is 6.23. The summed E-state index contributed by atoms with van der Waals surface area (Å²) in [5, 5.41) is 12.6. The molecule has 1 N–H and O–H groups in total. The number of halogens is 1. The van der Waals surface area contributed by atoms with Gasteiger partial charge in [0, 0.05) is 16.3 Å². The fraction of sp³-hybridized carbons (Fsp3) is 0.200. The maximum atomic E-state index is 12.4. The number of hydrogen-bond donors (Lipinski definition) is 1. The highest BCUT2D eigenvalue weighted by atomic mass is 35.5. The van der Waals surface area contributed by atoms with Gasteiger partial charge in [0.15, 0.2) is 0 Å². The topological polar surface area (TPSA) is 62.1 Å². The van der Waals surface area contributed by atoms with Crippen molar-refractivity contribution in [3.8, 4) is 11.8 Å². The van der Waals surface area contributed by atoms with Crippen LogP contribution in [0.1, 0.15) is 23.6 Å². The standard InChI is InChI=1S/C20H19ClN2O2/c1-4-25-19-6-5-17(21)11-15(19)10-16(12-22)20(24)23-18-8-13(2)7-14(3)9-18/h5-11H,4H2,1-3H3,(H,23,24). The largest absolute Gasteiger partial charge is 0.493 e. The highest BCUT2D eigenvalue weighted by Gasteiger charge is 2.12. The molecule has 0 saturated carbocycles. The molecular formula is C20H19ClN2O2. The number of amides is 1. The molecule has 2 aromatic rings. The molecule has 0 saturated heterocycles. The zero-order valence-electron chi connectivity index (χ0n) is 14.4. The van der Waals surface area contributed by atoms with E-state index in [1.165, 1.54) is 6.08 Å². The number of nitrogens with one attached hydrogen (secondary N) is 1. The van der Waals surface area contributed by atoms with Crippen molar-refractivity contribution in [2.24, 2.45) is 0 Å². The predicted octanol–water partition coefficient (Wildman–Crippen LogP) is 4.90. The van der Waals surface area contributed by atoms with Crippen LogP contribution >= 0.6 is 11.6 Å². The molecule has 0 heterocycles. The predicted molar refractivity (Wildman–Crippen MR) is 101 cm³/mol. The Hall–Kier alpha value is -2.77. The maximum absolute atomic E-state index is 12.4. The van der Waals surface area contributed by atoms with Crippen LogP contribution in [0.15, 0.2) is 42.0 Å². The molecule has 2 rings (SSSR count). The Morgan fingerprint density at radius 1 is 1.24 bits per heavy atom. The maximum Gasteiger partial charge on any atom is 0.266 e. The smallest absolute Gasteiger partial charge is 0.266 e. The summed E-state index contributed by atoms with van der Waals surface area (Å²) in [5.74, 6) is 0.0915. The van der Waals surface area contributed by atoms with Crippen molar-refractivity contribution < 1.29 is 9.53 Å². The molecule has 25 heavy (non-hydrogen) atoms. The van der Waals surface area contributed by atoms with Gasteiger partial charge in [-0.15, -0.1) is 0 Å². The second-order valence-corrected chi connectivity index (χ2v) is 6.05. The molecule has 128 valence electrons. The number of carbonyl (C=O) groups excluding carboxylic acids is 1. The van der Waals surface area contributed by atoms with E-state index in [4.69, 9.17) is 16.3 Å². The molecule has 0 bridgehead atoms. The fourth-order valence-corrected chi connectivity index (χ4v) is 2.65. The van der Waals surface area contributed by atoms with Gasteiger partial charge >= 0.3 is 0 Å². The highest BCUT2D eigenvalue weighted by molar-refractivity contribution is 6.30. The first-order valence-corrected chi connectivity index (χ1v) is 8.24. The number of rotatable bonds is 5. The van der Waals surface area contributed by atoms with Crippen molar-refractivity contribution in [3.63, 3.8) is 0 Å². The molecule has 0 spiro atoms. The van der Waals surface area contributed by atoms with Gasteiger partial charge in [-0.1, -0.05) is 17.7 Å². The number of hydrogen-bond acceptors (Lipinski definition) is 3. The van der Waals surface area contributed by atoms with Gasteiger partial charge in [-0.2, -0.15) is 5.26 Å². The molecule has 0 unspecified atom stereocenters. The lowest BCUT2D eigenvalue weighted by Crippen LogP contribution is -2.13. The molecule has 0 radical (unpaired) electrons. The third-order valence-electron chi connectivity index (χ3n) is 3.42. The van der Waals surface area contributed by atoms with Gasteiger partial charge in [0.1, 0.15) is 17.4 Å². The van der Waals surface area contributed by atoms with Crippen LogP contribution in [0.4, 0.5) is 5.69 Å². The van der Waals surface area contributed by atoms with E-state index >= 15 is 0 Å². The average Bonchev–Trinajstić information content (AvgIpc) is 2.53. The van der Waals surface area contributed by atoms with E-state index in [1.54, 1.807) is 18.2 Å². The van der Waals surface area contributed by atoms with E-state index in [9.17, 15) is 10.1 Å². The number of nitrogens with zero attached hydrogens (tertiary/aromatic N) is 1. The first-order valence-electron chi connectivity index (χ1n) is 7.86. The lowest BCUT2D eigenvalue weighted by Gasteiger charge is -2.09. The van der Waals surface area contributed by atoms with Crippen LogP contribution < -0.4 is 10.1 Å². The third-order valence-corrected chi connectivity index (χ3v) is 3.65. The van der Waals surface area contributed by atoms with E-state index in [0.717, 1.165) is 11.1 Å². The molecule has 0 fully saturated rings. The number of aryl methyl sites for hydroxylation is 2. The van der Waals surface area contributed by atoms with Crippen molar-refractivity contribution in [1.29, 1.82) is 5.26 Å². The van der Waals surface area contributed by atoms with Crippen LogP contribution in [0.2, 0.25) is 5.02 Å². The minimum absolute atomic E-state index is 0.0256. The van der Waals surface area contributed by atoms with Gasteiger partial charge in [-0.05, 0) is 68.3 Å². The van der Waals surface area contributed by atoms with Crippen LogP contribution in [-0.2, 0) is 4.79 Å². The van der Waals surface area contributed by atoms with Crippen molar-refractivity contribution >= 4 is 29.3 Å². The summed E-state index contributed by atoms with van der Waals surface area (Å²) in [6.07, 6.45) is 1.48. The normalized spacial score (nSPS) is 10.9. The van der Waals surface area contributed by atoms with Crippen LogP contribution in [0.3, 0.4) is 0 Å². The number of carbonyl (C=O) groups is 1. The second-order valence-electron chi connectivity index (χ2n) is 5.62. The lowest BCUT2D eigenvalue weighted by molar-refractivity contribution is -0.112. The minimum Gasteiger partial charge on any atom is -0.493 e. The van der Waals surface area contributed by atoms with Crippen molar-refractivity contribution in [2.45, 2.75) is 20.8 Å². The molecule has 0 aromatic heterocycles. The fourth-order valence-electron chi connectivity index (χ4n) is 2.47. The van der Waals surface area contributed by atoms with Crippen LogP contribution in [0.5, 0.6) is 5.75 Å². The van der Waals surface area contributed by atoms with E-state index in [-0.39, 0.29) is 5.57 Å². The Morgan fingerprint density at radius 3 is 2.52 bits per heavy atom. The Balaban J connectivity index is 2.32. The van der Waals surface area contributed by atoms with Crippen molar-refractivity contribution in [3.05, 3.63) is 63.7 Å². The Morgan fingerprint density at radius 2 is 1.92 bits per heavy atom. The highest BCUT2D eigenvalue weighted by Crippen LogP contribution is 2.25. The molecule has 0 aliphatic heterocycles. The monoisotopic (exact) mass is 354 g/mol. The van der Waals surface area contributed by atoms with E-state index < -0.39 is 5.91 Å². The summed E-state index contributed by atoms with van der Waals surface area (Å²) in [5.41, 5.74) is 3.28. The summed E-state index contributed by atoms with van der Waals surface area (Å²) in [4.78, 5) is 12.4. The minimum atomic E-state index is -0.477. The zero-order chi connectivity index (χ0) is 18.4. The van der Waals surface area contributed by atoms with Crippen LogP contribution in [0.25, 0.3) is 6.08 Å². The van der Waals surface area contributed by atoms with Crippen molar-refractivity contribution in [2.75, 3.05) is 11.9 Å². The van der Waals surface area contributed by atoms with Crippen LogP contribution in [-0.4, -0.2) is 12.5 Å². The number of ether oxygens (including phenoxy) is 1. The van der Waals surface area contributed by atoms with E-state index in [2.05, 4.69) is 5.32 Å². The van der Waals surface area contributed by atoms with Gasteiger partial charge in [0.05, 0.1) is 6.61 Å². The summed E-state index contributed by atoms with van der Waals surface area (Å²) in [7, 11) is 0. The van der Waals surface area contributed by atoms with Gasteiger partial charge in [0.25, 0.3) is 5.91 Å². The molecule has 0 atom stereocenters. The molecule has 4 nitrogen and oxygen atoms in total. The zero-order valence-corrected chi connectivity index (χ0v) is 15.1. The average molecular weight is 355 g/mol. The molecule has 0 aliphatic rings. The summed E-state index contributed by atoms with van der Waals surface area (Å²) in [6, 6.07) is 12.7. The molecular weight excluding hydrogens is 336 g/mol. The summed E-state index contributed by atoms with van der Waals surface area (Å²) >= 11 is 6.02. The van der Waals surface area contributed by atoms with E-state index in [0.29, 0.717) is 28.6 Å². The first-order chi connectivity index (χ1) is 11.9. The molecule has 2 aromatic carbocycles. The Kier molecular flexibility index (Phi) is 6.21. The molecule has 1 amide bonds. The number of benzene rings is 2. The van der Waals surface area contributed by atoms with Gasteiger partial charge in [-0.3, -0.25) is 4.79 Å². The second kappa shape index (κ2) is 8.36. The quantitative estimate of drug-likeness (QED) is 0.613. The van der Waals surface area contributed by atoms with Gasteiger partial charge in [-0.25, -0.2) is 0 Å². The molecule has 5 heteroatoms. The third kappa shape index (κ3) is 5.10.